The highest BCUT2D eigenvalue weighted by atomic mass is 19.4. The molecule has 10 nitrogen and oxygen atoms in total. The molecule has 2 aliphatic heterocycles. The summed E-state index contributed by atoms with van der Waals surface area (Å²) in [6.07, 6.45) is -9.91. The summed E-state index contributed by atoms with van der Waals surface area (Å²) in [5.74, 6) is -1.71. The average Bonchev–Trinajstić information content (AvgIpc) is 3.35. The maximum atomic E-state index is 13.5. The predicted octanol–water partition coefficient (Wildman–Crippen LogP) is 3.88. The minimum atomic E-state index is -4.92. The van der Waals surface area contributed by atoms with Crippen LogP contribution in [0.1, 0.15) is 18.4 Å². The zero-order chi connectivity index (χ0) is 29.0. The molecular weight excluding hydrogens is 560 g/mol. The van der Waals surface area contributed by atoms with Crippen molar-refractivity contribution < 1.29 is 44.7 Å². The second-order valence-corrected chi connectivity index (χ2v) is 9.20. The van der Waals surface area contributed by atoms with Gasteiger partial charge in [-0.2, -0.15) is 31.4 Å². The summed E-state index contributed by atoms with van der Waals surface area (Å²) in [5.41, 5.74) is -2.98. The minimum absolute atomic E-state index is 0.0469. The Morgan fingerprint density at radius 1 is 0.975 bits per heavy atom. The third kappa shape index (κ3) is 4.85. The standard InChI is InChI=1S/C22H18F8N8O2/c23-14(24)10-37-17-13(8-33-37)32-9-16(34-17)35-5-2-20(3-6-35)18(39)38(19(40)36(20)11-21(25,26)27)15-7-12(1-4-31-15)22(28,29)30/h1,4,7-9,14H,2-3,5-6,10-11H2. The molecule has 0 saturated carbocycles. The van der Waals surface area contributed by atoms with E-state index in [1.165, 1.54) is 12.4 Å². The lowest BCUT2D eigenvalue weighted by Gasteiger charge is -2.42. The van der Waals surface area contributed by atoms with Crippen LogP contribution in [0.2, 0.25) is 0 Å². The number of piperidine rings is 1. The third-order valence-corrected chi connectivity index (χ3v) is 6.74. The van der Waals surface area contributed by atoms with Crippen LogP contribution in [0, 0.1) is 0 Å². The van der Waals surface area contributed by atoms with Crippen molar-refractivity contribution in [2.24, 2.45) is 0 Å². The van der Waals surface area contributed by atoms with Crippen LogP contribution in [0.5, 0.6) is 0 Å². The van der Waals surface area contributed by atoms with E-state index in [4.69, 9.17) is 0 Å². The molecule has 0 aliphatic carbocycles. The fraction of sp³-hybridized carbons (Fsp3) is 0.455. The molecule has 0 N–H and O–H groups in total. The van der Waals surface area contributed by atoms with Gasteiger partial charge in [-0.25, -0.2) is 38.1 Å². The normalized spacial score (nSPS) is 18.2. The van der Waals surface area contributed by atoms with E-state index in [1.54, 1.807) is 4.90 Å². The molecule has 3 amide bonds. The maximum Gasteiger partial charge on any atom is 0.416 e. The Balaban J connectivity index is 1.45. The number of imide groups is 1. The fourth-order valence-electron chi connectivity index (χ4n) is 4.88. The SMILES string of the molecule is O=C1N(c2cc(C(F)(F)F)ccn2)C(=O)C2(CCN(c3cnc4cnn(CC(F)F)c4n3)CC2)N1CC(F)(F)F. The maximum absolute atomic E-state index is 13.5. The molecular formula is C22H18F8N8O2. The van der Waals surface area contributed by atoms with Crippen LogP contribution in [0.25, 0.3) is 11.2 Å². The molecule has 3 aromatic heterocycles. The lowest BCUT2D eigenvalue weighted by atomic mass is 9.85. The molecule has 0 atom stereocenters. The van der Waals surface area contributed by atoms with Crippen LogP contribution in [-0.4, -0.2) is 79.3 Å². The first-order valence-corrected chi connectivity index (χ1v) is 11.7. The number of amides is 3. The highest BCUT2D eigenvalue weighted by Crippen LogP contribution is 2.42. The Labute approximate surface area is 219 Å². The van der Waals surface area contributed by atoms with E-state index >= 15 is 0 Å². The van der Waals surface area contributed by atoms with Gasteiger partial charge >= 0.3 is 18.4 Å². The molecule has 2 fully saturated rings. The van der Waals surface area contributed by atoms with Crippen LogP contribution in [0.4, 0.5) is 51.6 Å². The Hall–Kier alpha value is -4.12. The molecule has 18 heteroatoms. The number of urea groups is 1. The van der Waals surface area contributed by atoms with Gasteiger partial charge in [0, 0.05) is 19.3 Å². The molecule has 214 valence electrons. The number of carbonyl (C=O) groups is 2. The van der Waals surface area contributed by atoms with Gasteiger partial charge in [-0.15, -0.1) is 0 Å². The average molecular weight is 578 g/mol. The van der Waals surface area contributed by atoms with E-state index in [0.29, 0.717) is 23.2 Å². The number of nitrogens with zero attached hydrogens (tertiary/aromatic N) is 8. The van der Waals surface area contributed by atoms with E-state index in [9.17, 15) is 44.7 Å². The lowest BCUT2D eigenvalue weighted by Crippen LogP contribution is -2.58. The number of aromatic nitrogens is 5. The van der Waals surface area contributed by atoms with Gasteiger partial charge in [0.15, 0.2) is 5.65 Å². The van der Waals surface area contributed by atoms with Crippen molar-refractivity contribution in [2.75, 3.05) is 29.4 Å². The van der Waals surface area contributed by atoms with Crippen molar-refractivity contribution in [1.29, 1.82) is 0 Å². The summed E-state index contributed by atoms with van der Waals surface area (Å²) in [4.78, 5) is 40.8. The Kier molecular flexibility index (Phi) is 6.53. The Bertz CT molecular complexity index is 1450. The zero-order valence-electron chi connectivity index (χ0n) is 20.1. The van der Waals surface area contributed by atoms with Crippen molar-refractivity contribution in [3.63, 3.8) is 0 Å². The molecule has 0 aromatic carbocycles. The van der Waals surface area contributed by atoms with E-state index in [0.717, 1.165) is 4.68 Å². The molecule has 2 aliphatic rings. The highest BCUT2D eigenvalue weighted by molar-refractivity contribution is 6.23. The number of anilines is 2. The van der Waals surface area contributed by atoms with E-state index in [2.05, 4.69) is 20.1 Å². The smallest absolute Gasteiger partial charge is 0.355 e. The molecule has 5 heterocycles. The third-order valence-electron chi connectivity index (χ3n) is 6.74. The molecule has 1 spiro atoms. The second-order valence-electron chi connectivity index (χ2n) is 9.20. The van der Waals surface area contributed by atoms with Gasteiger partial charge in [-0.3, -0.25) is 9.69 Å². The minimum Gasteiger partial charge on any atom is -0.355 e. The van der Waals surface area contributed by atoms with E-state index in [-0.39, 0.29) is 47.8 Å². The number of rotatable bonds is 5. The monoisotopic (exact) mass is 578 g/mol. The molecule has 2 saturated heterocycles. The summed E-state index contributed by atoms with van der Waals surface area (Å²) < 4.78 is 107. The number of carbonyl (C=O) groups excluding carboxylic acids is 2. The first kappa shape index (κ1) is 27.4. The van der Waals surface area contributed by atoms with Crippen LogP contribution in [0.3, 0.4) is 0 Å². The van der Waals surface area contributed by atoms with Gasteiger partial charge in [0.2, 0.25) is 0 Å². The molecule has 3 aromatic rings. The van der Waals surface area contributed by atoms with Crippen molar-refractivity contribution in [3.05, 3.63) is 36.3 Å². The van der Waals surface area contributed by atoms with Crippen molar-refractivity contribution >= 4 is 34.7 Å². The lowest BCUT2D eigenvalue weighted by molar-refractivity contribution is -0.153. The van der Waals surface area contributed by atoms with Gasteiger partial charge in [-0.1, -0.05) is 0 Å². The quantitative estimate of drug-likeness (QED) is 0.335. The van der Waals surface area contributed by atoms with Gasteiger partial charge in [-0.05, 0) is 25.0 Å². The molecule has 5 rings (SSSR count). The summed E-state index contributed by atoms with van der Waals surface area (Å²) in [6, 6.07) is -0.426. The van der Waals surface area contributed by atoms with Crippen LogP contribution in [0.15, 0.2) is 30.7 Å². The number of pyridine rings is 1. The van der Waals surface area contributed by atoms with E-state index in [1.807, 2.05) is 0 Å². The predicted molar refractivity (Wildman–Crippen MR) is 120 cm³/mol. The number of hydrogen-bond donors (Lipinski definition) is 0. The van der Waals surface area contributed by atoms with Gasteiger partial charge in [0.05, 0.1) is 18.0 Å². The first-order chi connectivity index (χ1) is 18.7. The number of halogens is 8. The number of hydrogen-bond acceptors (Lipinski definition) is 7. The fourth-order valence-corrected chi connectivity index (χ4v) is 4.88. The summed E-state index contributed by atoms with van der Waals surface area (Å²) in [5, 5.41) is 3.82. The molecule has 0 radical (unpaired) electrons. The Morgan fingerprint density at radius 3 is 2.30 bits per heavy atom. The molecule has 0 unspecified atom stereocenters. The largest absolute Gasteiger partial charge is 0.416 e. The summed E-state index contributed by atoms with van der Waals surface area (Å²) in [7, 11) is 0. The molecule has 40 heavy (non-hydrogen) atoms. The van der Waals surface area contributed by atoms with Gasteiger partial charge in [0.1, 0.15) is 35.8 Å². The van der Waals surface area contributed by atoms with Crippen LogP contribution < -0.4 is 9.80 Å². The van der Waals surface area contributed by atoms with Crippen molar-refractivity contribution in [3.8, 4) is 0 Å². The number of fused-ring (bicyclic) bond motifs is 1. The van der Waals surface area contributed by atoms with Crippen LogP contribution >= 0.6 is 0 Å². The zero-order valence-corrected chi connectivity index (χ0v) is 20.1. The van der Waals surface area contributed by atoms with Crippen molar-refractivity contribution in [2.45, 2.75) is 43.7 Å². The number of alkyl halides is 8. The first-order valence-electron chi connectivity index (χ1n) is 11.7. The van der Waals surface area contributed by atoms with E-state index < -0.39 is 60.7 Å². The van der Waals surface area contributed by atoms with Gasteiger partial charge < -0.3 is 4.90 Å². The Morgan fingerprint density at radius 2 is 1.68 bits per heavy atom. The summed E-state index contributed by atoms with van der Waals surface area (Å²) >= 11 is 0. The van der Waals surface area contributed by atoms with Crippen molar-refractivity contribution in [1.82, 2.24) is 29.6 Å². The highest BCUT2D eigenvalue weighted by Gasteiger charge is 2.61. The van der Waals surface area contributed by atoms with Gasteiger partial charge in [0.25, 0.3) is 12.3 Å². The van der Waals surface area contributed by atoms with Crippen LogP contribution in [-0.2, 0) is 17.5 Å². The molecule has 0 bridgehead atoms. The summed E-state index contributed by atoms with van der Waals surface area (Å²) in [6.45, 7) is -2.78. The second kappa shape index (κ2) is 9.51. The topological polar surface area (TPSA) is 100 Å².